The number of hydrogen-bond donors (Lipinski definition) is 0. The first-order valence-electron chi connectivity index (χ1n) is 16.5. The molecule has 0 radical (unpaired) electrons. The smallest absolute Gasteiger partial charge is 0.550 e. The van der Waals surface area contributed by atoms with Crippen LogP contribution in [0.5, 0.6) is 0 Å². The average Bonchev–Trinajstić information content (AvgIpc) is 2.93. The molecule has 41 heavy (non-hydrogen) atoms. The summed E-state index contributed by atoms with van der Waals surface area (Å²) in [5.74, 6) is -1.84. The first-order chi connectivity index (χ1) is 19.5. The Bertz CT molecular complexity index is 596. The second-order valence-electron chi connectivity index (χ2n) is 10.7. The standard InChI is InChI=1S/2C18H32O2.Ca/c2*1-2-3-4-5-6-7-8-9-10-11-12-13-14-15-16-17-18(19)20;/h2*6-7,9-10H,2-5,8,11-17H2,1H3,(H,19,20);/q;;+2/p-2. The van der Waals surface area contributed by atoms with Crippen molar-refractivity contribution in [1.29, 1.82) is 0 Å². The fourth-order valence-electron chi connectivity index (χ4n) is 4.16. The molecular formula is C36H62CaO4. The van der Waals surface area contributed by atoms with Crippen LogP contribution < -0.4 is 10.2 Å². The molecule has 0 aliphatic rings. The van der Waals surface area contributed by atoms with E-state index in [2.05, 4.69) is 62.5 Å². The van der Waals surface area contributed by atoms with Crippen LogP contribution in [-0.2, 0) is 9.59 Å². The predicted octanol–water partition coefficient (Wildman–Crippen LogP) is 8.72. The predicted molar refractivity (Wildman–Crippen MR) is 174 cm³/mol. The maximum atomic E-state index is 10.2. The van der Waals surface area contributed by atoms with Gasteiger partial charge in [-0.1, -0.05) is 127 Å². The summed E-state index contributed by atoms with van der Waals surface area (Å²) in [6.45, 7) is 4.46. The first kappa shape index (κ1) is 44.6. The van der Waals surface area contributed by atoms with Gasteiger partial charge in [-0.2, -0.15) is 0 Å². The second-order valence-corrected chi connectivity index (χ2v) is 10.7. The van der Waals surface area contributed by atoms with Gasteiger partial charge in [0.2, 0.25) is 0 Å². The molecule has 0 fully saturated rings. The third-order valence-electron chi connectivity index (χ3n) is 6.66. The fourth-order valence-corrected chi connectivity index (χ4v) is 4.16. The van der Waals surface area contributed by atoms with E-state index in [1.807, 2.05) is 0 Å². The van der Waals surface area contributed by atoms with E-state index < -0.39 is 11.9 Å². The Labute approximate surface area is 284 Å². The molecule has 0 aliphatic heterocycles. The fraction of sp³-hybridized carbons (Fsp3) is 0.722. The van der Waals surface area contributed by atoms with Gasteiger partial charge in [-0.3, -0.25) is 0 Å². The van der Waals surface area contributed by atoms with Crippen LogP contribution in [0, 0.1) is 0 Å². The molecule has 0 amide bonds. The summed E-state index contributed by atoms with van der Waals surface area (Å²) in [5.41, 5.74) is 0. The number of allylic oxidation sites excluding steroid dienone is 8. The molecule has 5 heteroatoms. The molecule has 4 nitrogen and oxygen atoms in total. The van der Waals surface area contributed by atoms with Crippen molar-refractivity contribution in [3.63, 3.8) is 0 Å². The molecule has 0 N–H and O–H groups in total. The van der Waals surface area contributed by atoms with Crippen LogP contribution in [0.1, 0.15) is 168 Å². The van der Waals surface area contributed by atoms with Crippen molar-refractivity contribution in [2.24, 2.45) is 0 Å². The summed E-state index contributed by atoms with van der Waals surface area (Å²) in [4.78, 5) is 20.4. The van der Waals surface area contributed by atoms with Crippen LogP contribution in [-0.4, -0.2) is 49.7 Å². The molecule has 0 spiro atoms. The monoisotopic (exact) mass is 598 g/mol. The van der Waals surface area contributed by atoms with Crippen molar-refractivity contribution in [3.05, 3.63) is 48.6 Å². The zero-order valence-electron chi connectivity index (χ0n) is 26.9. The van der Waals surface area contributed by atoms with Gasteiger partial charge in [0.1, 0.15) is 0 Å². The maximum Gasteiger partial charge on any atom is 2.00 e. The van der Waals surface area contributed by atoms with Gasteiger partial charge in [-0.15, -0.1) is 0 Å². The summed E-state index contributed by atoms with van der Waals surface area (Å²) in [6, 6.07) is 0. The molecular weight excluding hydrogens is 536 g/mol. The third-order valence-corrected chi connectivity index (χ3v) is 6.66. The van der Waals surface area contributed by atoms with E-state index in [0.29, 0.717) is 0 Å². The molecule has 232 valence electrons. The van der Waals surface area contributed by atoms with E-state index in [1.165, 1.54) is 77.0 Å². The molecule has 0 aromatic rings. The summed E-state index contributed by atoms with van der Waals surface area (Å²) < 4.78 is 0. The molecule has 0 saturated heterocycles. The van der Waals surface area contributed by atoms with Crippen LogP contribution in [0.25, 0.3) is 0 Å². The Morgan fingerprint density at radius 2 is 0.683 bits per heavy atom. The molecule has 0 bridgehead atoms. The Morgan fingerprint density at radius 3 is 0.976 bits per heavy atom. The Kier molecular flexibility index (Phi) is 44.9. The number of carboxylic acids is 2. The van der Waals surface area contributed by atoms with Crippen molar-refractivity contribution in [3.8, 4) is 0 Å². The molecule has 0 saturated carbocycles. The Balaban J connectivity index is -0.000000688. The number of rotatable bonds is 28. The quantitative estimate of drug-likeness (QED) is 0.0512. The summed E-state index contributed by atoms with van der Waals surface area (Å²) in [5, 5.41) is 20.4. The summed E-state index contributed by atoms with van der Waals surface area (Å²) in [6.07, 6.45) is 43.9. The Hall–Kier alpha value is -0.840. The van der Waals surface area contributed by atoms with Gasteiger partial charge in [0.25, 0.3) is 0 Å². The topological polar surface area (TPSA) is 80.3 Å². The molecule has 0 heterocycles. The zero-order chi connectivity index (χ0) is 29.8. The van der Waals surface area contributed by atoms with Gasteiger partial charge in [0, 0.05) is 11.9 Å². The second kappa shape index (κ2) is 41.3. The SMILES string of the molecule is CCCCCC=CCC=CCCCCCCCC(=O)[O-].CCCCCC=CCC=CCCCCCCCC(=O)[O-].[Ca+2]. The minimum atomic E-state index is -0.921. The third kappa shape index (κ3) is 49.2. The zero-order valence-corrected chi connectivity index (χ0v) is 29.1. The molecule has 0 aliphatic carbocycles. The Morgan fingerprint density at radius 1 is 0.415 bits per heavy atom. The minimum absolute atomic E-state index is 0. The normalized spacial score (nSPS) is 11.4. The van der Waals surface area contributed by atoms with Crippen LogP contribution in [0.4, 0.5) is 0 Å². The van der Waals surface area contributed by atoms with E-state index >= 15 is 0 Å². The van der Waals surface area contributed by atoms with Crippen LogP contribution >= 0.6 is 0 Å². The van der Waals surface area contributed by atoms with Gasteiger partial charge >= 0.3 is 37.7 Å². The van der Waals surface area contributed by atoms with Gasteiger partial charge in [-0.05, 0) is 89.9 Å². The van der Waals surface area contributed by atoms with Crippen LogP contribution in [0.2, 0.25) is 0 Å². The number of carbonyl (C=O) groups is 2. The number of hydrogen-bond acceptors (Lipinski definition) is 4. The van der Waals surface area contributed by atoms with Crippen molar-refractivity contribution >= 4 is 49.7 Å². The number of carboxylic acid groups (broad SMARTS) is 2. The van der Waals surface area contributed by atoms with Crippen LogP contribution in [0.15, 0.2) is 48.6 Å². The van der Waals surface area contributed by atoms with Crippen molar-refractivity contribution in [2.45, 2.75) is 168 Å². The molecule has 0 unspecified atom stereocenters. The molecule has 0 atom stereocenters. The molecule has 0 aromatic carbocycles. The average molecular weight is 599 g/mol. The van der Waals surface area contributed by atoms with Gasteiger partial charge in [0.15, 0.2) is 0 Å². The van der Waals surface area contributed by atoms with Crippen LogP contribution in [0.3, 0.4) is 0 Å². The van der Waals surface area contributed by atoms with E-state index in [0.717, 1.165) is 64.2 Å². The first-order valence-corrected chi connectivity index (χ1v) is 16.5. The van der Waals surface area contributed by atoms with E-state index in [1.54, 1.807) is 0 Å². The summed E-state index contributed by atoms with van der Waals surface area (Å²) in [7, 11) is 0. The van der Waals surface area contributed by atoms with Crippen molar-refractivity contribution < 1.29 is 19.8 Å². The van der Waals surface area contributed by atoms with Gasteiger partial charge in [-0.25, -0.2) is 0 Å². The van der Waals surface area contributed by atoms with Gasteiger partial charge < -0.3 is 19.8 Å². The molecule has 0 aromatic heterocycles. The van der Waals surface area contributed by atoms with E-state index in [9.17, 15) is 19.8 Å². The molecule has 0 rings (SSSR count). The summed E-state index contributed by atoms with van der Waals surface area (Å²) >= 11 is 0. The number of carbonyl (C=O) groups excluding carboxylic acids is 2. The van der Waals surface area contributed by atoms with E-state index in [-0.39, 0.29) is 50.6 Å². The number of unbranched alkanes of at least 4 members (excludes halogenated alkanes) is 16. The maximum absolute atomic E-state index is 10.2. The minimum Gasteiger partial charge on any atom is -0.550 e. The van der Waals surface area contributed by atoms with Crippen molar-refractivity contribution in [1.82, 2.24) is 0 Å². The van der Waals surface area contributed by atoms with Gasteiger partial charge in [0.05, 0.1) is 0 Å². The van der Waals surface area contributed by atoms with Crippen molar-refractivity contribution in [2.75, 3.05) is 0 Å². The van der Waals surface area contributed by atoms with E-state index in [4.69, 9.17) is 0 Å². The number of aliphatic carboxylic acids is 2. The largest absolute Gasteiger partial charge is 2.00 e.